The van der Waals surface area contributed by atoms with Crippen molar-refractivity contribution in [2.45, 2.75) is 335 Å². The maximum atomic E-state index is 12.9. The lowest BCUT2D eigenvalue weighted by Gasteiger charge is -2.18. The predicted molar refractivity (Wildman–Crippen MR) is 362 cm³/mol. The Kier molecular flexibility index (Phi) is 66.7. The Morgan fingerprint density at radius 1 is 0.253 bits per heavy atom. The van der Waals surface area contributed by atoms with Crippen LogP contribution in [0.25, 0.3) is 0 Å². The lowest BCUT2D eigenvalue weighted by molar-refractivity contribution is -0.167. The Labute approximate surface area is 513 Å². The number of carbonyl (C=O) groups excluding carboxylic acids is 3. The van der Waals surface area contributed by atoms with Gasteiger partial charge in [-0.15, -0.1) is 0 Å². The highest BCUT2D eigenvalue weighted by Gasteiger charge is 2.19. The summed E-state index contributed by atoms with van der Waals surface area (Å²) in [5.74, 6) is -0.890. The Balaban J connectivity index is 4.02. The van der Waals surface area contributed by atoms with Crippen LogP contribution in [0.1, 0.15) is 329 Å². The first-order valence-corrected chi connectivity index (χ1v) is 35.0. The van der Waals surface area contributed by atoms with E-state index in [1.165, 1.54) is 167 Å². The molecule has 0 aromatic heterocycles. The lowest BCUT2D eigenvalue weighted by Crippen LogP contribution is -2.30. The molecule has 6 heteroatoms. The molecule has 0 aliphatic heterocycles. The average Bonchev–Trinajstić information content (AvgIpc) is 3.49. The number of carbonyl (C=O) groups is 3. The fourth-order valence-corrected chi connectivity index (χ4v) is 9.73. The maximum absolute atomic E-state index is 12.9. The Morgan fingerprint density at radius 3 is 0.735 bits per heavy atom. The third-order valence-electron chi connectivity index (χ3n) is 15.0. The molecule has 0 aromatic rings. The fraction of sp³-hybridized carbons (Fsp3) is 0.701. The summed E-state index contributed by atoms with van der Waals surface area (Å²) >= 11 is 0. The molecule has 0 saturated heterocycles. The van der Waals surface area contributed by atoms with Gasteiger partial charge in [0.15, 0.2) is 6.10 Å². The molecule has 1 atom stereocenters. The summed E-state index contributed by atoms with van der Waals surface area (Å²) < 4.78 is 16.8. The molecule has 0 amide bonds. The van der Waals surface area contributed by atoms with Gasteiger partial charge in [-0.05, 0) is 116 Å². The lowest BCUT2D eigenvalue weighted by atomic mass is 10.0. The van der Waals surface area contributed by atoms with Crippen LogP contribution >= 0.6 is 0 Å². The zero-order valence-corrected chi connectivity index (χ0v) is 54.4. The highest BCUT2D eigenvalue weighted by molar-refractivity contribution is 5.71. The first-order valence-electron chi connectivity index (χ1n) is 35.0. The SMILES string of the molecule is CC/C=C\C/C=C\C/C=C\C/C=C\C/C=C\C/C=C\C/C=C\CCCCCCCCCCCCCC(=O)OCC(COC(=O)CCCCCCC)OC(=O)CCCCCCCCCCCCCC/C=C\C/C=C\C/C=C\CCCCCCC. The van der Waals surface area contributed by atoms with Crippen LogP contribution in [0.3, 0.4) is 0 Å². The summed E-state index contributed by atoms with van der Waals surface area (Å²) in [5, 5.41) is 0. The molecule has 474 valence electrons. The van der Waals surface area contributed by atoms with Crippen molar-refractivity contribution in [2.24, 2.45) is 0 Å². The molecule has 0 fully saturated rings. The van der Waals surface area contributed by atoms with Crippen molar-refractivity contribution in [1.29, 1.82) is 0 Å². The molecule has 1 unspecified atom stereocenters. The van der Waals surface area contributed by atoms with E-state index in [9.17, 15) is 14.4 Å². The van der Waals surface area contributed by atoms with Gasteiger partial charge in [0.05, 0.1) is 0 Å². The minimum Gasteiger partial charge on any atom is -0.462 e. The largest absolute Gasteiger partial charge is 0.462 e. The molecule has 0 spiro atoms. The van der Waals surface area contributed by atoms with E-state index in [1.807, 2.05) is 0 Å². The summed E-state index contributed by atoms with van der Waals surface area (Å²) in [5.41, 5.74) is 0. The second-order valence-electron chi connectivity index (χ2n) is 23.1. The van der Waals surface area contributed by atoms with Crippen molar-refractivity contribution in [3.8, 4) is 0 Å². The number of allylic oxidation sites excluding steroid dienone is 20. The van der Waals surface area contributed by atoms with Crippen LogP contribution in [-0.2, 0) is 28.6 Å². The topological polar surface area (TPSA) is 78.9 Å². The van der Waals surface area contributed by atoms with Crippen LogP contribution < -0.4 is 0 Å². The van der Waals surface area contributed by atoms with Gasteiger partial charge in [0.1, 0.15) is 13.2 Å². The standard InChI is InChI=1S/C77H130O6/c1-4-7-10-13-15-17-19-21-23-25-27-29-31-33-35-36-37-38-39-40-42-43-45-47-49-51-53-55-57-59-61-64-67-70-76(79)82-73-74(72-81-75(78)69-66-63-12-9-6-3)83-77(80)71-68-65-62-60-58-56-54-52-50-48-46-44-41-34-32-30-28-26-24-22-20-18-16-14-11-8-5-2/h7,10,15,17,20-23,26-29,32-35,37-38,40,42,74H,4-6,8-9,11-14,16,18-19,24-25,30-31,36,39,41,43-73H2,1-3H3/b10-7-,17-15-,22-20-,23-21-,28-26-,29-27-,34-32-,35-33-,38-37-,42-40-. The molecule has 0 aromatic carbocycles. The van der Waals surface area contributed by atoms with E-state index in [0.29, 0.717) is 19.3 Å². The van der Waals surface area contributed by atoms with Gasteiger partial charge in [-0.25, -0.2) is 0 Å². The molecule has 0 radical (unpaired) electrons. The summed E-state index contributed by atoms with van der Waals surface area (Å²) in [4.78, 5) is 38.0. The van der Waals surface area contributed by atoms with Crippen molar-refractivity contribution in [3.05, 3.63) is 122 Å². The molecule has 0 aliphatic carbocycles. The van der Waals surface area contributed by atoms with Crippen molar-refractivity contribution in [3.63, 3.8) is 0 Å². The molecule has 0 rings (SSSR count). The van der Waals surface area contributed by atoms with Gasteiger partial charge >= 0.3 is 17.9 Å². The zero-order valence-electron chi connectivity index (χ0n) is 54.4. The number of hydrogen-bond donors (Lipinski definition) is 0. The van der Waals surface area contributed by atoms with Gasteiger partial charge in [-0.2, -0.15) is 0 Å². The highest BCUT2D eigenvalue weighted by atomic mass is 16.6. The first kappa shape index (κ1) is 78.8. The first-order chi connectivity index (χ1) is 41.0. The Hall–Kier alpha value is -4.19. The normalized spacial score (nSPS) is 12.9. The van der Waals surface area contributed by atoms with E-state index in [2.05, 4.69) is 142 Å². The summed E-state index contributed by atoms with van der Waals surface area (Å²) in [7, 11) is 0. The summed E-state index contributed by atoms with van der Waals surface area (Å²) in [6.07, 6.45) is 98.4. The zero-order chi connectivity index (χ0) is 59.9. The number of ether oxygens (including phenoxy) is 3. The van der Waals surface area contributed by atoms with Crippen LogP contribution in [0.2, 0.25) is 0 Å². The molecule has 0 N–H and O–H groups in total. The van der Waals surface area contributed by atoms with Crippen molar-refractivity contribution < 1.29 is 28.6 Å². The van der Waals surface area contributed by atoms with E-state index in [0.717, 1.165) is 122 Å². The Bertz CT molecular complexity index is 1700. The van der Waals surface area contributed by atoms with E-state index in [4.69, 9.17) is 14.2 Å². The molecule has 0 aliphatic rings. The van der Waals surface area contributed by atoms with Gasteiger partial charge in [-0.1, -0.05) is 316 Å². The van der Waals surface area contributed by atoms with Gasteiger partial charge in [0, 0.05) is 19.3 Å². The maximum Gasteiger partial charge on any atom is 0.306 e. The molecule has 0 saturated carbocycles. The molecule has 6 nitrogen and oxygen atoms in total. The van der Waals surface area contributed by atoms with Crippen LogP contribution in [-0.4, -0.2) is 37.2 Å². The van der Waals surface area contributed by atoms with Crippen LogP contribution in [0.4, 0.5) is 0 Å². The molecule has 83 heavy (non-hydrogen) atoms. The second-order valence-corrected chi connectivity index (χ2v) is 23.1. The van der Waals surface area contributed by atoms with E-state index in [-0.39, 0.29) is 31.1 Å². The van der Waals surface area contributed by atoms with Gasteiger partial charge in [0.25, 0.3) is 0 Å². The smallest absolute Gasteiger partial charge is 0.306 e. The van der Waals surface area contributed by atoms with Crippen LogP contribution in [0.5, 0.6) is 0 Å². The van der Waals surface area contributed by atoms with Gasteiger partial charge in [-0.3, -0.25) is 14.4 Å². The van der Waals surface area contributed by atoms with E-state index < -0.39 is 6.10 Å². The highest BCUT2D eigenvalue weighted by Crippen LogP contribution is 2.17. The van der Waals surface area contributed by atoms with E-state index in [1.54, 1.807) is 0 Å². The van der Waals surface area contributed by atoms with Crippen molar-refractivity contribution in [1.82, 2.24) is 0 Å². The number of hydrogen-bond acceptors (Lipinski definition) is 6. The van der Waals surface area contributed by atoms with Gasteiger partial charge in [0.2, 0.25) is 0 Å². The minimum atomic E-state index is -0.779. The third kappa shape index (κ3) is 68.5. The van der Waals surface area contributed by atoms with E-state index >= 15 is 0 Å². The number of rotatable bonds is 63. The molecular weight excluding hydrogens is 1020 g/mol. The molecular formula is C77H130O6. The van der Waals surface area contributed by atoms with Crippen molar-refractivity contribution in [2.75, 3.05) is 13.2 Å². The van der Waals surface area contributed by atoms with Gasteiger partial charge < -0.3 is 14.2 Å². The molecule has 0 bridgehead atoms. The summed E-state index contributed by atoms with van der Waals surface area (Å²) in [6.45, 7) is 6.45. The van der Waals surface area contributed by atoms with Crippen LogP contribution in [0.15, 0.2) is 122 Å². The third-order valence-corrected chi connectivity index (χ3v) is 15.0. The molecule has 0 heterocycles. The second kappa shape index (κ2) is 70.3. The Morgan fingerprint density at radius 2 is 0.470 bits per heavy atom. The predicted octanol–water partition coefficient (Wildman–Crippen LogP) is 24.3. The minimum absolute atomic E-state index is 0.0796. The van der Waals surface area contributed by atoms with Crippen LogP contribution in [0, 0.1) is 0 Å². The number of unbranched alkanes of at least 4 members (excludes halogenated alkanes) is 32. The quantitative estimate of drug-likeness (QED) is 0.0261. The monoisotopic (exact) mass is 1150 g/mol. The average molecular weight is 1150 g/mol. The van der Waals surface area contributed by atoms with Crippen molar-refractivity contribution >= 4 is 17.9 Å². The fourth-order valence-electron chi connectivity index (χ4n) is 9.73. The number of esters is 3. The summed E-state index contributed by atoms with van der Waals surface area (Å²) in [6, 6.07) is 0.